The van der Waals surface area contributed by atoms with Crippen LogP contribution in [0.4, 0.5) is 10.8 Å². The highest BCUT2D eigenvalue weighted by atomic mass is 32.1. The molecule has 0 aliphatic carbocycles. The summed E-state index contributed by atoms with van der Waals surface area (Å²) in [4.78, 5) is 28.9. The molecule has 180 valence electrons. The quantitative estimate of drug-likeness (QED) is 0.360. The maximum absolute atomic E-state index is 13.1. The third-order valence-electron chi connectivity index (χ3n) is 5.89. The van der Waals surface area contributed by atoms with E-state index in [2.05, 4.69) is 27.8 Å². The first-order valence-electron chi connectivity index (χ1n) is 11.6. The molecule has 5 rings (SSSR count). The van der Waals surface area contributed by atoms with E-state index >= 15 is 0 Å². The second-order valence-electron chi connectivity index (χ2n) is 8.46. The molecular formula is C28H25N5O2S. The lowest BCUT2D eigenvalue weighted by atomic mass is 10.0. The molecule has 1 aliphatic rings. The molecule has 1 aliphatic heterocycles. The molecule has 3 aromatic carbocycles. The van der Waals surface area contributed by atoms with Crippen LogP contribution in [0.3, 0.4) is 0 Å². The van der Waals surface area contributed by atoms with Gasteiger partial charge in [-0.2, -0.15) is 5.10 Å². The van der Waals surface area contributed by atoms with Crippen molar-refractivity contribution in [1.82, 2.24) is 10.3 Å². The Hall–Kier alpha value is -4.30. The van der Waals surface area contributed by atoms with E-state index in [1.165, 1.54) is 18.3 Å². The van der Waals surface area contributed by atoms with Crippen LogP contribution in [0, 0.1) is 0 Å². The number of thiazole rings is 1. The second kappa shape index (κ2) is 10.5. The smallest absolute Gasteiger partial charge is 0.273 e. The summed E-state index contributed by atoms with van der Waals surface area (Å²) in [5.41, 5.74) is 5.23. The van der Waals surface area contributed by atoms with Crippen molar-refractivity contribution in [2.45, 2.75) is 25.9 Å². The Morgan fingerprint density at radius 1 is 0.972 bits per heavy atom. The minimum atomic E-state index is -0.249. The number of nitrogens with one attached hydrogen (secondary N) is 2. The normalized spacial score (nSPS) is 14.9. The van der Waals surface area contributed by atoms with Gasteiger partial charge in [-0.25, -0.2) is 4.98 Å². The van der Waals surface area contributed by atoms with E-state index in [0.29, 0.717) is 23.8 Å². The van der Waals surface area contributed by atoms with Crippen molar-refractivity contribution in [3.63, 3.8) is 0 Å². The van der Waals surface area contributed by atoms with Gasteiger partial charge < -0.3 is 5.32 Å². The molecule has 0 spiro atoms. The Labute approximate surface area is 213 Å². The molecule has 2 heterocycles. The summed E-state index contributed by atoms with van der Waals surface area (Å²) in [5.74, 6) is -0.311. The zero-order valence-electron chi connectivity index (χ0n) is 19.7. The van der Waals surface area contributed by atoms with Gasteiger partial charge in [-0.15, -0.1) is 11.3 Å². The van der Waals surface area contributed by atoms with Crippen LogP contribution in [0.25, 0.3) is 11.3 Å². The fourth-order valence-corrected chi connectivity index (χ4v) is 4.77. The molecule has 4 aromatic rings. The number of aromatic nitrogens is 1. The van der Waals surface area contributed by atoms with E-state index in [1.54, 1.807) is 0 Å². The van der Waals surface area contributed by atoms with Crippen molar-refractivity contribution in [1.29, 1.82) is 0 Å². The monoisotopic (exact) mass is 495 g/mol. The Bertz CT molecular complexity index is 1380. The molecule has 0 bridgehead atoms. The minimum Gasteiger partial charge on any atom is -0.352 e. The summed E-state index contributed by atoms with van der Waals surface area (Å²) in [6.45, 7) is 1.98. The zero-order chi connectivity index (χ0) is 24.9. The molecule has 0 saturated heterocycles. The minimum absolute atomic E-state index is 0.0581. The van der Waals surface area contributed by atoms with E-state index in [1.807, 2.05) is 83.2 Å². The van der Waals surface area contributed by atoms with E-state index in [4.69, 9.17) is 5.10 Å². The topological polar surface area (TPSA) is 86.7 Å². The van der Waals surface area contributed by atoms with Crippen molar-refractivity contribution in [3.8, 4) is 11.3 Å². The van der Waals surface area contributed by atoms with Gasteiger partial charge in [-0.05, 0) is 23.3 Å². The predicted molar refractivity (Wildman–Crippen MR) is 144 cm³/mol. The van der Waals surface area contributed by atoms with Crippen LogP contribution >= 0.6 is 11.3 Å². The predicted octanol–water partition coefficient (Wildman–Crippen LogP) is 5.39. The summed E-state index contributed by atoms with van der Waals surface area (Å²) in [6, 6.07) is 27.8. The highest BCUT2D eigenvalue weighted by Crippen LogP contribution is 2.35. The highest BCUT2D eigenvalue weighted by Gasteiger charge is 2.32. The van der Waals surface area contributed by atoms with E-state index in [9.17, 15) is 9.59 Å². The van der Waals surface area contributed by atoms with Gasteiger partial charge in [0.25, 0.3) is 5.91 Å². The van der Waals surface area contributed by atoms with Gasteiger partial charge in [0, 0.05) is 30.8 Å². The molecule has 0 radical (unpaired) electrons. The van der Waals surface area contributed by atoms with Gasteiger partial charge in [0.2, 0.25) is 5.91 Å². The maximum Gasteiger partial charge on any atom is 0.273 e. The number of para-hydroxylation sites is 1. The molecule has 1 aromatic heterocycles. The average Bonchev–Trinajstić information content (AvgIpc) is 3.57. The van der Waals surface area contributed by atoms with Crippen LogP contribution in [-0.2, 0) is 16.1 Å². The summed E-state index contributed by atoms with van der Waals surface area (Å²) < 4.78 is 0. The van der Waals surface area contributed by atoms with Gasteiger partial charge in [-0.3, -0.25) is 19.9 Å². The van der Waals surface area contributed by atoms with E-state index in [0.717, 1.165) is 28.1 Å². The van der Waals surface area contributed by atoms with Gasteiger partial charge in [0.05, 0.1) is 17.4 Å². The molecule has 0 saturated carbocycles. The number of benzene rings is 3. The number of rotatable bonds is 7. The van der Waals surface area contributed by atoms with Crippen LogP contribution < -0.4 is 15.6 Å². The summed E-state index contributed by atoms with van der Waals surface area (Å²) >= 11 is 1.38. The fraction of sp³-hybridized carbons (Fsp3) is 0.143. The first kappa shape index (κ1) is 23.4. The number of nitrogens with zero attached hydrogens (tertiary/aromatic N) is 3. The lowest BCUT2D eigenvalue weighted by Gasteiger charge is -2.23. The largest absolute Gasteiger partial charge is 0.352 e. The fourth-order valence-electron chi connectivity index (χ4n) is 4.05. The second-order valence-corrected chi connectivity index (χ2v) is 9.31. The van der Waals surface area contributed by atoms with Gasteiger partial charge in [-0.1, -0.05) is 72.8 Å². The number of hydrogen-bond acceptors (Lipinski definition) is 6. The number of anilines is 2. The van der Waals surface area contributed by atoms with Crippen molar-refractivity contribution in [2.75, 3.05) is 10.3 Å². The van der Waals surface area contributed by atoms with Crippen molar-refractivity contribution in [3.05, 3.63) is 101 Å². The number of hydrazone groups is 1. The lowest BCUT2D eigenvalue weighted by molar-refractivity contribution is -0.119. The van der Waals surface area contributed by atoms with Crippen LogP contribution in [-0.4, -0.2) is 22.5 Å². The highest BCUT2D eigenvalue weighted by molar-refractivity contribution is 7.14. The molecule has 1 atom stereocenters. The Kier molecular flexibility index (Phi) is 6.86. The summed E-state index contributed by atoms with van der Waals surface area (Å²) in [7, 11) is 0. The first-order chi connectivity index (χ1) is 17.6. The average molecular weight is 496 g/mol. The summed E-state index contributed by atoms with van der Waals surface area (Å²) in [6.07, 6.45) is 0.499. The standard InChI is InChI=1S/C28H25N5O2S/c1-19(34)29-17-20-12-14-21(15-13-20)25-18-36-28(30-25)31-27(35)24-16-26(22-8-4-2-5-9-22)33(32-24)23-10-6-3-7-11-23/h2-15,18,26H,16-17H2,1H3,(H,29,34)(H,30,31,35)/t26-/m0/s1. The van der Waals surface area contributed by atoms with Gasteiger partial charge >= 0.3 is 0 Å². The molecule has 8 heteroatoms. The molecule has 2 amide bonds. The Balaban J connectivity index is 1.30. The molecule has 0 fully saturated rings. The third-order valence-corrected chi connectivity index (χ3v) is 6.65. The maximum atomic E-state index is 13.1. The third kappa shape index (κ3) is 5.34. The van der Waals surface area contributed by atoms with Crippen LogP contribution in [0.2, 0.25) is 0 Å². The van der Waals surface area contributed by atoms with Crippen LogP contribution in [0.15, 0.2) is 95.4 Å². The molecular weight excluding hydrogens is 470 g/mol. The van der Waals surface area contributed by atoms with Gasteiger partial charge in [0.15, 0.2) is 5.13 Å². The Morgan fingerprint density at radius 3 is 2.36 bits per heavy atom. The molecule has 2 N–H and O–H groups in total. The van der Waals surface area contributed by atoms with E-state index in [-0.39, 0.29) is 17.9 Å². The zero-order valence-corrected chi connectivity index (χ0v) is 20.5. The molecule has 0 unspecified atom stereocenters. The van der Waals surface area contributed by atoms with Crippen molar-refractivity contribution in [2.24, 2.45) is 5.10 Å². The Morgan fingerprint density at radius 2 is 1.67 bits per heavy atom. The van der Waals surface area contributed by atoms with Gasteiger partial charge in [0.1, 0.15) is 5.71 Å². The molecule has 36 heavy (non-hydrogen) atoms. The van der Waals surface area contributed by atoms with Crippen molar-refractivity contribution < 1.29 is 9.59 Å². The summed E-state index contributed by atoms with van der Waals surface area (Å²) in [5, 5.41) is 14.8. The van der Waals surface area contributed by atoms with Crippen molar-refractivity contribution >= 4 is 39.7 Å². The SMILES string of the molecule is CC(=O)NCc1ccc(-c2csc(NC(=O)C3=NN(c4ccccc4)[C@H](c4ccccc4)C3)n2)cc1. The number of carbonyl (C=O) groups excluding carboxylic acids is 2. The number of amides is 2. The lowest BCUT2D eigenvalue weighted by Crippen LogP contribution is -2.21. The van der Waals surface area contributed by atoms with E-state index < -0.39 is 0 Å². The molecule has 7 nitrogen and oxygen atoms in total. The number of hydrogen-bond donors (Lipinski definition) is 2. The van der Waals surface area contributed by atoms with Crippen LogP contribution in [0.5, 0.6) is 0 Å². The van der Waals surface area contributed by atoms with Crippen LogP contribution in [0.1, 0.15) is 30.5 Å². The first-order valence-corrected chi connectivity index (χ1v) is 12.5. The number of carbonyl (C=O) groups is 2.